The zero-order chi connectivity index (χ0) is 16.0. The van der Waals surface area contributed by atoms with Gasteiger partial charge < -0.3 is 9.84 Å². The standard InChI is InChI=1S/C17H26O4/c1-11(2)6-5-7-12(3)15-9-8-14(17(19)20)10-16(15)21-13(4)18/h6,10,12,15-16H,5,7-9H2,1-4H3,(H,19,20). The van der Waals surface area contributed by atoms with E-state index in [1.165, 1.54) is 12.5 Å². The van der Waals surface area contributed by atoms with Gasteiger partial charge in [0.15, 0.2) is 0 Å². The summed E-state index contributed by atoms with van der Waals surface area (Å²) in [6, 6.07) is 0. The Balaban J connectivity index is 2.76. The molecule has 0 bridgehead atoms. The summed E-state index contributed by atoms with van der Waals surface area (Å²) in [5.74, 6) is -0.689. The summed E-state index contributed by atoms with van der Waals surface area (Å²) in [5.41, 5.74) is 1.66. The topological polar surface area (TPSA) is 63.6 Å². The summed E-state index contributed by atoms with van der Waals surface area (Å²) in [7, 11) is 0. The van der Waals surface area contributed by atoms with Crippen molar-refractivity contribution in [3.05, 3.63) is 23.3 Å². The molecule has 0 aromatic rings. The quantitative estimate of drug-likeness (QED) is 0.599. The van der Waals surface area contributed by atoms with E-state index in [1.807, 2.05) is 0 Å². The van der Waals surface area contributed by atoms with Gasteiger partial charge in [-0.05, 0) is 51.5 Å². The Labute approximate surface area is 126 Å². The fourth-order valence-electron chi connectivity index (χ4n) is 2.84. The molecule has 0 fully saturated rings. The van der Waals surface area contributed by atoms with Gasteiger partial charge in [-0.2, -0.15) is 0 Å². The lowest BCUT2D eigenvalue weighted by atomic mass is 9.77. The minimum atomic E-state index is -0.914. The van der Waals surface area contributed by atoms with Crippen molar-refractivity contribution in [1.82, 2.24) is 0 Å². The highest BCUT2D eigenvalue weighted by atomic mass is 16.5. The third kappa shape index (κ3) is 5.74. The van der Waals surface area contributed by atoms with Crippen LogP contribution in [-0.4, -0.2) is 23.1 Å². The summed E-state index contributed by atoms with van der Waals surface area (Å²) >= 11 is 0. The van der Waals surface area contributed by atoms with E-state index in [1.54, 1.807) is 6.08 Å². The molecular weight excluding hydrogens is 268 g/mol. The molecule has 3 atom stereocenters. The second-order valence-electron chi connectivity index (χ2n) is 6.11. The highest BCUT2D eigenvalue weighted by molar-refractivity contribution is 5.86. The first-order valence-electron chi connectivity index (χ1n) is 7.55. The number of esters is 1. The molecule has 4 nitrogen and oxygen atoms in total. The van der Waals surface area contributed by atoms with Crippen LogP contribution in [0, 0.1) is 11.8 Å². The Morgan fingerprint density at radius 1 is 1.43 bits per heavy atom. The second kappa shape index (κ2) is 8.01. The van der Waals surface area contributed by atoms with E-state index in [4.69, 9.17) is 9.84 Å². The lowest BCUT2D eigenvalue weighted by molar-refractivity contribution is -0.148. The minimum Gasteiger partial charge on any atom is -0.478 e. The van der Waals surface area contributed by atoms with Crippen LogP contribution in [0.4, 0.5) is 0 Å². The third-order valence-electron chi connectivity index (χ3n) is 4.02. The smallest absolute Gasteiger partial charge is 0.331 e. The maximum Gasteiger partial charge on any atom is 0.331 e. The fraction of sp³-hybridized carbons (Fsp3) is 0.647. The molecule has 0 amide bonds. The van der Waals surface area contributed by atoms with Crippen molar-refractivity contribution in [1.29, 1.82) is 0 Å². The normalized spacial score (nSPS) is 23.0. The summed E-state index contributed by atoms with van der Waals surface area (Å²) in [6.07, 6.45) is 6.74. The predicted molar refractivity (Wildman–Crippen MR) is 81.8 cm³/mol. The number of allylic oxidation sites excluding steroid dienone is 2. The van der Waals surface area contributed by atoms with Gasteiger partial charge in [0.25, 0.3) is 0 Å². The van der Waals surface area contributed by atoms with Crippen LogP contribution in [0.2, 0.25) is 0 Å². The maximum absolute atomic E-state index is 11.3. The molecule has 1 aliphatic rings. The molecular formula is C17H26O4. The number of carboxylic acid groups (broad SMARTS) is 1. The van der Waals surface area contributed by atoms with Crippen LogP contribution < -0.4 is 0 Å². The number of carbonyl (C=O) groups is 2. The Hall–Kier alpha value is -1.58. The van der Waals surface area contributed by atoms with E-state index in [2.05, 4.69) is 26.8 Å². The van der Waals surface area contributed by atoms with Crippen LogP contribution in [0.5, 0.6) is 0 Å². The van der Waals surface area contributed by atoms with E-state index in [0.29, 0.717) is 17.9 Å². The molecule has 0 saturated carbocycles. The van der Waals surface area contributed by atoms with E-state index >= 15 is 0 Å². The molecule has 0 heterocycles. The first kappa shape index (κ1) is 17.5. The zero-order valence-electron chi connectivity index (χ0n) is 13.4. The number of hydrogen-bond donors (Lipinski definition) is 1. The monoisotopic (exact) mass is 294 g/mol. The van der Waals surface area contributed by atoms with Crippen LogP contribution in [-0.2, 0) is 14.3 Å². The molecule has 21 heavy (non-hydrogen) atoms. The number of hydrogen-bond acceptors (Lipinski definition) is 3. The average molecular weight is 294 g/mol. The number of rotatable bonds is 6. The number of ether oxygens (including phenoxy) is 1. The first-order chi connectivity index (χ1) is 9.81. The summed E-state index contributed by atoms with van der Waals surface area (Å²) in [4.78, 5) is 22.3. The van der Waals surface area contributed by atoms with Crippen molar-refractivity contribution in [2.45, 2.75) is 59.5 Å². The van der Waals surface area contributed by atoms with Crippen molar-refractivity contribution >= 4 is 11.9 Å². The third-order valence-corrected chi connectivity index (χ3v) is 4.02. The van der Waals surface area contributed by atoms with Crippen molar-refractivity contribution in [3.8, 4) is 0 Å². The van der Waals surface area contributed by atoms with Crippen LogP contribution in [0.25, 0.3) is 0 Å². The average Bonchev–Trinajstić information content (AvgIpc) is 2.37. The minimum absolute atomic E-state index is 0.197. The lowest BCUT2D eigenvalue weighted by Crippen LogP contribution is -2.33. The van der Waals surface area contributed by atoms with Gasteiger partial charge in [0, 0.05) is 18.4 Å². The van der Waals surface area contributed by atoms with E-state index in [9.17, 15) is 9.59 Å². The Morgan fingerprint density at radius 2 is 2.10 bits per heavy atom. The van der Waals surface area contributed by atoms with Gasteiger partial charge in [0.2, 0.25) is 0 Å². The number of carboxylic acids is 1. The van der Waals surface area contributed by atoms with Crippen LogP contribution >= 0.6 is 0 Å². The molecule has 1 rings (SSSR count). The van der Waals surface area contributed by atoms with E-state index in [-0.39, 0.29) is 11.9 Å². The SMILES string of the molecule is CC(=O)OC1C=C(C(=O)O)CCC1C(C)CCC=C(C)C. The Bertz CT molecular complexity index is 444. The zero-order valence-corrected chi connectivity index (χ0v) is 13.4. The van der Waals surface area contributed by atoms with Crippen molar-refractivity contribution in [3.63, 3.8) is 0 Å². The van der Waals surface area contributed by atoms with Gasteiger partial charge in [0.1, 0.15) is 6.10 Å². The fourth-order valence-corrected chi connectivity index (χ4v) is 2.84. The Kier molecular flexibility index (Phi) is 6.66. The van der Waals surface area contributed by atoms with Gasteiger partial charge in [-0.1, -0.05) is 18.6 Å². The maximum atomic E-state index is 11.3. The van der Waals surface area contributed by atoms with Crippen LogP contribution in [0.3, 0.4) is 0 Å². The van der Waals surface area contributed by atoms with Gasteiger partial charge in [-0.3, -0.25) is 4.79 Å². The van der Waals surface area contributed by atoms with Crippen LogP contribution in [0.15, 0.2) is 23.3 Å². The highest BCUT2D eigenvalue weighted by Gasteiger charge is 2.32. The van der Waals surface area contributed by atoms with Crippen molar-refractivity contribution in [2.24, 2.45) is 11.8 Å². The molecule has 0 aromatic heterocycles. The molecule has 1 aliphatic carbocycles. The summed E-state index contributed by atoms with van der Waals surface area (Å²) < 4.78 is 5.34. The molecule has 0 saturated heterocycles. The number of aliphatic carboxylic acids is 1. The predicted octanol–water partition coefficient (Wildman–Crippen LogP) is 3.72. The summed E-state index contributed by atoms with van der Waals surface area (Å²) in [6.45, 7) is 7.68. The van der Waals surface area contributed by atoms with E-state index in [0.717, 1.165) is 19.3 Å². The Morgan fingerprint density at radius 3 is 2.62 bits per heavy atom. The van der Waals surface area contributed by atoms with Crippen molar-refractivity contribution < 1.29 is 19.4 Å². The van der Waals surface area contributed by atoms with Gasteiger partial charge in [-0.15, -0.1) is 0 Å². The molecule has 4 heteroatoms. The largest absolute Gasteiger partial charge is 0.478 e. The number of carbonyl (C=O) groups excluding carboxylic acids is 1. The van der Waals surface area contributed by atoms with Gasteiger partial charge >= 0.3 is 11.9 Å². The molecule has 0 radical (unpaired) electrons. The highest BCUT2D eigenvalue weighted by Crippen LogP contribution is 2.34. The first-order valence-corrected chi connectivity index (χ1v) is 7.55. The molecule has 118 valence electrons. The molecule has 0 aliphatic heterocycles. The van der Waals surface area contributed by atoms with Crippen LogP contribution in [0.1, 0.15) is 53.4 Å². The molecule has 0 spiro atoms. The molecule has 0 aromatic carbocycles. The molecule has 3 unspecified atom stereocenters. The molecule has 1 N–H and O–H groups in total. The van der Waals surface area contributed by atoms with Gasteiger partial charge in [-0.25, -0.2) is 4.79 Å². The lowest BCUT2D eigenvalue weighted by Gasteiger charge is -2.33. The summed E-state index contributed by atoms with van der Waals surface area (Å²) in [5, 5.41) is 9.10. The van der Waals surface area contributed by atoms with Crippen molar-refractivity contribution in [2.75, 3.05) is 0 Å². The second-order valence-corrected chi connectivity index (χ2v) is 6.11. The van der Waals surface area contributed by atoms with E-state index < -0.39 is 12.1 Å². The van der Waals surface area contributed by atoms with Gasteiger partial charge in [0.05, 0.1) is 0 Å².